The lowest BCUT2D eigenvalue weighted by atomic mass is 10.2. The molecule has 0 saturated heterocycles. The number of benzene rings is 1. The number of nitrogen functional groups attached to an aromatic ring is 1. The zero-order valence-electron chi connectivity index (χ0n) is 9.15. The van der Waals surface area contributed by atoms with Gasteiger partial charge in [0.1, 0.15) is 0 Å². The van der Waals surface area contributed by atoms with E-state index in [1.807, 2.05) is 0 Å². The molecule has 0 aliphatic carbocycles. The van der Waals surface area contributed by atoms with Gasteiger partial charge in [-0.05, 0) is 46.3 Å². The summed E-state index contributed by atoms with van der Waals surface area (Å²) in [4.78, 5) is 15.9. The molecule has 6 heteroatoms. The van der Waals surface area contributed by atoms with Crippen molar-refractivity contribution in [2.45, 2.75) is 0 Å². The van der Waals surface area contributed by atoms with Crippen LogP contribution < -0.4 is 11.1 Å². The monoisotopic (exact) mass is 325 g/mol. The highest BCUT2D eigenvalue weighted by Crippen LogP contribution is 2.26. The van der Waals surface area contributed by atoms with Gasteiger partial charge in [-0.1, -0.05) is 11.6 Å². The van der Waals surface area contributed by atoms with Crippen LogP contribution in [0.1, 0.15) is 10.5 Å². The molecular formula is C12H9BrClN3O. The first-order chi connectivity index (χ1) is 8.58. The summed E-state index contributed by atoms with van der Waals surface area (Å²) in [5.41, 5.74) is 6.81. The van der Waals surface area contributed by atoms with Crippen LogP contribution >= 0.6 is 27.5 Å². The van der Waals surface area contributed by atoms with Crippen LogP contribution in [0, 0.1) is 0 Å². The Morgan fingerprint density at radius 1 is 1.39 bits per heavy atom. The van der Waals surface area contributed by atoms with Gasteiger partial charge in [0, 0.05) is 15.7 Å². The Labute approximate surface area is 117 Å². The van der Waals surface area contributed by atoms with Crippen LogP contribution in [0.15, 0.2) is 41.0 Å². The van der Waals surface area contributed by atoms with Gasteiger partial charge in [-0.25, -0.2) is 4.98 Å². The standard InChI is InChI=1S/C12H9BrClN3O/c13-8-6-7(14)3-4-10(8)17-12(18)11-9(15)2-1-5-16-11/h1-6H,15H2,(H,17,18). The summed E-state index contributed by atoms with van der Waals surface area (Å²) in [6, 6.07) is 8.37. The van der Waals surface area contributed by atoms with Gasteiger partial charge >= 0.3 is 0 Å². The number of carbonyl (C=O) groups excluding carboxylic acids is 1. The summed E-state index contributed by atoms with van der Waals surface area (Å²) < 4.78 is 0.692. The van der Waals surface area contributed by atoms with Crippen LogP contribution in [-0.2, 0) is 0 Å². The number of anilines is 2. The molecule has 2 aromatic rings. The third-order valence-corrected chi connectivity index (χ3v) is 3.12. The minimum absolute atomic E-state index is 0.194. The molecule has 3 N–H and O–H groups in total. The summed E-state index contributed by atoms with van der Waals surface area (Å²) in [5, 5.41) is 3.29. The van der Waals surface area contributed by atoms with Crippen LogP contribution in [0.25, 0.3) is 0 Å². The van der Waals surface area contributed by atoms with Gasteiger partial charge in [-0.2, -0.15) is 0 Å². The van der Waals surface area contributed by atoms with Gasteiger partial charge in [-0.15, -0.1) is 0 Å². The summed E-state index contributed by atoms with van der Waals surface area (Å²) in [7, 11) is 0. The van der Waals surface area contributed by atoms with Gasteiger partial charge in [0.2, 0.25) is 0 Å². The third kappa shape index (κ3) is 2.80. The molecule has 92 valence electrons. The lowest BCUT2D eigenvalue weighted by Gasteiger charge is -2.08. The first-order valence-corrected chi connectivity index (χ1v) is 6.22. The number of nitrogens with two attached hydrogens (primary N) is 1. The van der Waals surface area contributed by atoms with Crippen molar-refractivity contribution in [2.24, 2.45) is 0 Å². The van der Waals surface area contributed by atoms with Crippen LogP contribution in [-0.4, -0.2) is 10.9 Å². The number of pyridine rings is 1. The Balaban J connectivity index is 2.24. The van der Waals surface area contributed by atoms with E-state index in [1.54, 1.807) is 30.3 Å². The summed E-state index contributed by atoms with van der Waals surface area (Å²) in [6.07, 6.45) is 1.52. The number of carbonyl (C=O) groups is 1. The first-order valence-electron chi connectivity index (χ1n) is 5.05. The molecule has 0 fully saturated rings. The quantitative estimate of drug-likeness (QED) is 0.889. The molecule has 4 nitrogen and oxygen atoms in total. The number of halogens is 2. The van der Waals surface area contributed by atoms with Gasteiger partial charge in [0.25, 0.3) is 5.91 Å². The number of nitrogens with one attached hydrogen (secondary N) is 1. The molecule has 0 aliphatic rings. The van der Waals surface area contributed by atoms with Gasteiger partial charge in [-0.3, -0.25) is 4.79 Å². The average molecular weight is 327 g/mol. The van der Waals surface area contributed by atoms with E-state index < -0.39 is 0 Å². The SMILES string of the molecule is Nc1cccnc1C(=O)Nc1ccc(Cl)cc1Br. The van der Waals surface area contributed by atoms with Crippen molar-refractivity contribution < 1.29 is 4.79 Å². The molecule has 0 saturated carbocycles. The fraction of sp³-hybridized carbons (Fsp3) is 0. The molecule has 1 heterocycles. The largest absolute Gasteiger partial charge is 0.397 e. The van der Waals surface area contributed by atoms with E-state index in [0.717, 1.165) is 0 Å². The molecule has 0 unspecified atom stereocenters. The Morgan fingerprint density at radius 3 is 2.83 bits per heavy atom. The van der Waals surface area contributed by atoms with Crippen LogP contribution in [0.5, 0.6) is 0 Å². The van der Waals surface area contributed by atoms with Crippen molar-refractivity contribution in [1.29, 1.82) is 0 Å². The van der Waals surface area contributed by atoms with Crippen molar-refractivity contribution in [1.82, 2.24) is 4.98 Å². The van der Waals surface area contributed by atoms with Crippen molar-refractivity contribution in [3.05, 3.63) is 51.7 Å². The predicted octanol–water partition coefficient (Wildman–Crippen LogP) is 3.33. The summed E-state index contributed by atoms with van der Waals surface area (Å²) in [5.74, 6) is -0.365. The molecule has 1 amide bonds. The maximum atomic E-state index is 12.0. The minimum atomic E-state index is -0.365. The van der Waals surface area contributed by atoms with E-state index in [1.165, 1.54) is 6.20 Å². The highest BCUT2D eigenvalue weighted by Gasteiger charge is 2.12. The second-order valence-corrected chi connectivity index (χ2v) is 4.81. The highest BCUT2D eigenvalue weighted by molar-refractivity contribution is 9.10. The van der Waals surface area contributed by atoms with Crippen molar-refractivity contribution in [2.75, 3.05) is 11.1 Å². The average Bonchev–Trinajstić information content (AvgIpc) is 2.33. The summed E-state index contributed by atoms with van der Waals surface area (Å²) >= 11 is 9.14. The maximum Gasteiger partial charge on any atom is 0.276 e. The number of aromatic nitrogens is 1. The van der Waals surface area contributed by atoms with E-state index in [2.05, 4.69) is 26.2 Å². The highest BCUT2D eigenvalue weighted by atomic mass is 79.9. The Bertz CT molecular complexity index is 604. The molecule has 0 atom stereocenters. The number of nitrogens with zero attached hydrogens (tertiary/aromatic N) is 1. The molecule has 18 heavy (non-hydrogen) atoms. The van der Waals surface area contributed by atoms with Gasteiger partial charge < -0.3 is 11.1 Å². The van der Waals surface area contributed by atoms with Crippen LogP contribution in [0.4, 0.5) is 11.4 Å². The zero-order chi connectivity index (χ0) is 13.1. The first kappa shape index (κ1) is 12.9. The minimum Gasteiger partial charge on any atom is -0.397 e. The summed E-state index contributed by atoms with van der Waals surface area (Å²) in [6.45, 7) is 0. The number of amides is 1. The third-order valence-electron chi connectivity index (χ3n) is 2.23. The molecular weight excluding hydrogens is 318 g/mol. The molecule has 0 radical (unpaired) electrons. The van der Waals surface area contributed by atoms with Crippen LogP contribution in [0.3, 0.4) is 0 Å². The predicted molar refractivity (Wildman–Crippen MR) is 75.8 cm³/mol. The number of hydrogen-bond donors (Lipinski definition) is 2. The maximum absolute atomic E-state index is 12.0. The molecule has 0 spiro atoms. The Hall–Kier alpha value is -1.59. The van der Waals surface area contributed by atoms with Crippen molar-refractivity contribution in [3.8, 4) is 0 Å². The van der Waals surface area contributed by atoms with E-state index >= 15 is 0 Å². The van der Waals surface area contributed by atoms with E-state index in [9.17, 15) is 4.79 Å². The Morgan fingerprint density at radius 2 is 2.17 bits per heavy atom. The second-order valence-electron chi connectivity index (χ2n) is 3.52. The molecule has 0 aliphatic heterocycles. The van der Waals surface area contributed by atoms with E-state index in [4.69, 9.17) is 17.3 Å². The number of hydrogen-bond acceptors (Lipinski definition) is 3. The van der Waals surface area contributed by atoms with Gasteiger partial charge in [0.05, 0.1) is 11.4 Å². The lowest BCUT2D eigenvalue weighted by Crippen LogP contribution is -2.15. The smallest absolute Gasteiger partial charge is 0.276 e. The van der Waals surface area contributed by atoms with Crippen molar-refractivity contribution >= 4 is 44.8 Å². The van der Waals surface area contributed by atoms with Gasteiger partial charge in [0.15, 0.2) is 5.69 Å². The Kier molecular flexibility index (Phi) is 3.84. The van der Waals surface area contributed by atoms with E-state index in [0.29, 0.717) is 20.9 Å². The second kappa shape index (κ2) is 5.37. The molecule has 1 aromatic heterocycles. The van der Waals surface area contributed by atoms with Crippen LogP contribution in [0.2, 0.25) is 5.02 Å². The van der Waals surface area contributed by atoms with Crippen molar-refractivity contribution in [3.63, 3.8) is 0 Å². The normalized spacial score (nSPS) is 10.1. The zero-order valence-corrected chi connectivity index (χ0v) is 11.5. The molecule has 2 rings (SSSR count). The topological polar surface area (TPSA) is 68.0 Å². The molecule has 0 bridgehead atoms. The number of rotatable bonds is 2. The lowest BCUT2D eigenvalue weighted by molar-refractivity contribution is 0.102. The fourth-order valence-corrected chi connectivity index (χ4v) is 2.16. The fourth-order valence-electron chi connectivity index (χ4n) is 1.38. The molecule has 1 aromatic carbocycles. The van der Waals surface area contributed by atoms with E-state index in [-0.39, 0.29) is 11.6 Å².